The van der Waals surface area contributed by atoms with Crippen LogP contribution in [-0.4, -0.2) is 35.7 Å². The number of piperidine rings is 1. The second-order valence-electron chi connectivity index (χ2n) is 7.95. The number of likely N-dealkylation sites (tertiary alicyclic amines) is 1. The van der Waals surface area contributed by atoms with Crippen molar-refractivity contribution in [2.45, 2.75) is 57.5 Å². The molecule has 5 aliphatic rings. The van der Waals surface area contributed by atoms with E-state index in [0.29, 0.717) is 5.41 Å². The van der Waals surface area contributed by atoms with Gasteiger partial charge < -0.3 is 10.0 Å². The fourth-order valence-electron chi connectivity index (χ4n) is 6.13. The van der Waals surface area contributed by atoms with Crippen molar-refractivity contribution in [1.82, 2.24) is 4.90 Å². The number of aliphatic hydroxyl groups excluding tert-OH is 1. The lowest BCUT2D eigenvalue weighted by Crippen LogP contribution is -2.53. The van der Waals surface area contributed by atoms with Gasteiger partial charge in [-0.15, -0.1) is 0 Å². The number of hydrogen-bond acceptors (Lipinski definition) is 2. The lowest BCUT2D eigenvalue weighted by Gasteiger charge is -2.58. The molecule has 1 heterocycles. The highest BCUT2D eigenvalue weighted by atomic mass is 16.3. The molecule has 2 nitrogen and oxygen atoms in total. The molecule has 2 heteroatoms. The monoisotopic (exact) mass is 249 g/mol. The van der Waals surface area contributed by atoms with Crippen LogP contribution < -0.4 is 0 Å². The molecule has 18 heavy (non-hydrogen) atoms. The number of aliphatic hydroxyl groups is 1. The van der Waals surface area contributed by atoms with Crippen LogP contribution >= 0.6 is 0 Å². The minimum atomic E-state index is -0.0485. The molecule has 5 fully saturated rings. The van der Waals surface area contributed by atoms with E-state index in [1.54, 1.807) is 19.3 Å². The van der Waals surface area contributed by atoms with Gasteiger partial charge in [-0.3, -0.25) is 0 Å². The zero-order valence-corrected chi connectivity index (χ0v) is 11.5. The standard InChI is InChI=1S/C16H27NO/c18-15-2-1-3-17(10-15)11-16-7-12-4-13(8-16)6-14(5-12)9-16/h12-15,18H,1-11H2. The maximum atomic E-state index is 9.85. The van der Waals surface area contributed by atoms with Crippen LogP contribution in [0.1, 0.15) is 51.4 Å². The third-order valence-corrected chi connectivity index (χ3v) is 6.20. The fourth-order valence-corrected chi connectivity index (χ4v) is 6.13. The molecule has 0 radical (unpaired) electrons. The van der Waals surface area contributed by atoms with Gasteiger partial charge >= 0.3 is 0 Å². The van der Waals surface area contributed by atoms with Gasteiger partial charge in [-0.2, -0.15) is 0 Å². The van der Waals surface area contributed by atoms with Gasteiger partial charge in [0, 0.05) is 13.1 Å². The van der Waals surface area contributed by atoms with E-state index in [1.165, 1.54) is 38.8 Å². The molecule has 0 spiro atoms. The van der Waals surface area contributed by atoms with Crippen LogP contribution in [0.25, 0.3) is 0 Å². The summed E-state index contributed by atoms with van der Waals surface area (Å²) in [4.78, 5) is 2.58. The number of hydrogen-bond donors (Lipinski definition) is 1. The van der Waals surface area contributed by atoms with Gasteiger partial charge in [0.05, 0.1) is 6.10 Å². The molecule has 0 aromatic rings. The van der Waals surface area contributed by atoms with Crippen LogP contribution in [0.2, 0.25) is 0 Å². The first-order chi connectivity index (χ1) is 8.71. The fraction of sp³-hybridized carbons (Fsp3) is 1.00. The van der Waals surface area contributed by atoms with Crippen molar-refractivity contribution >= 4 is 0 Å². The van der Waals surface area contributed by atoms with Crippen LogP contribution in [0.4, 0.5) is 0 Å². The predicted octanol–water partition coefficient (Wildman–Crippen LogP) is 2.66. The summed E-state index contributed by atoms with van der Waals surface area (Å²) in [5.41, 5.74) is 0.659. The SMILES string of the molecule is OC1CCCN(CC23CC4CC(CC(C4)C2)C3)C1. The molecule has 0 aromatic heterocycles. The first kappa shape index (κ1) is 11.7. The van der Waals surface area contributed by atoms with E-state index in [-0.39, 0.29) is 6.10 Å². The highest BCUT2D eigenvalue weighted by Crippen LogP contribution is 2.60. The predicted molar refractivity (Wildman–Crippen MR) is 72.3 cm³/mol. The molecule has 4 bridgehead atoms. The van der Waals surface area contributed by atoms with Gasteiger partial charge in [0.2, 0.25) is 0 Å². The van der Waals surface area contributed by atoms with Crippen LogP contribution in [0.5, 0.6) is 0 Å². The third kappa shape index (κ3) is 2.02. The van der Waals surface area contributed by atoms with E-state index < -0.39 is 0 Å². The second-order valence-corrected chi connectivity index (χ2v) is 7.95. The molecule has 1 unspecified atom stereocenters. The molecule has 1 aliphatic heterocycles. The maximum absolute atomic E-state index is 9.85. The van der Waals surface area contributed by atoms with E-state index in [2.05, 4.69) is 4.90 Å². The number of nitrogens with zero attached hydrogens (tertiary/aromatic N) is 1. The maximum Gasteiger partial charge on any atom is 0.0667 e. The van der Waals surface area contributed by atoms with Crippen molar-refractivity contribution in [3.63, 3.8) is 0 Å². The summed E-state index contributed by atoms with van der Waals surface area (Å²) in [7, 11) is 0. The second kappa shape index (κ2) is 4.21. The molecule has 102 valence electrons. The quantitative estimate of drug-likeness (QED) is 0.813. The van der Waals surface area contributed by atoms with Gasteiger partial charge in [-0.1, -0.05) is 0 Å². The van der Waals surface area contributed by atoms with Crippen LogP contribution in [-0.2, 0) is 0 Å². The Hall–Kier alpha value is -0.0800. The molecule has 1 atom stereocenters. The highest BCUT2D eigenvalue weighted by Gasteiger charge is 2.51. The summed E-state index contributed by atoms with van der Waals surface area (Å²) < 4.78 is 0. The van der Waals surface area contributed by atoms with E-state index >= 15 is 0 Å². The van der Waals surface area contributed by atoms with Crippen molar-refractivity contribution in [3.05, 3.63) is 0 Å². The first-order valence-corrected chi connectivity index (χ1v) is 8.11. The normalized spacial score (nSPS) is 51.8. The largest absolute Gasteiger partial charge is 0.392 e. The van der Waals surface area contributed by atoms with Gasteiger partial charge in [-0.25, -0.2) is 0 Å². The lowest BCUT2D eigenvalue weighted by atomic mass is 9.49. The Kier molecular flexibility index (Phi) is 2.74. The Morgan fingerprint density at radius 3 is 2.17 bits per heavy atom. The third-order valence-electron chi connectivity index (χ3n) is 6.20. The zero-order valence-electron chi connectivity index (χ0n) is 11.5. The Morgan fingerprint density at radius 2 is 1.61 bits per heavy atom. The number of β-amino-alcohol motifs (C(OH)–C–C–N with tert-alkyl or cyclic N) is 1. The van der Waals surface area contributed by atoms with Gasteiger partial charge in [0.25, 0.3) is 0 Å². The van der Waals surface area contributed by atoms with Gasteiger partial charge in [-0.05, 0) is 81.1 Å². The summed E-state index contributed by atoms with van der Waals surface area (Å²) >= 11 is 0. The Balaban J connectivity index is 1.47. The van der Waals surface area contributed by atoms with Crippen molar-refractivity contribution < 1.29 is 5.11 Å². The zero-order chi connectivity index (χ0) is 12.2. The van der Waals surface area contributed by atoms with E-state index in [0.717, 1.165) is 30.7 Å². The van der Waals surface area contributed by atoms with E-state index in [4.69, 9.17) is 0 Å². The van der Waals surface area contributed by atoms with Gasteiger partial charge in [0.1, 0.15) is 0 Å². The molecule has 4 aliphatic carbocycles. The summed E-state index contributed by atoms with van der Waals surface area (Å²) in [6, 6.07) is 0. The molecule has 5 rings (SSSR count). The molecule has 4 saturated carbocycles. The lowest BCUT2D eigenvalue weighted by molar-refractivity contribution is -0.0770. The van der Waals surface area contributed by atoms with E-state index in [1.807, 2.05) is 0 Å². The number of rotatable bonds is 2. The molecular formula is C16H27NO. The van der Waals surface area contributed by atoms with Crippen LogP contribution in [0.3, 0.4) is 0 Å². The Bertz CT molecular complexity index is 292. The van der Waals surface area contributed by atoms with Crippen molar-refractivity contribution in [1.29, 1.82) is 0 Å². The molecule has 0 aromatic carbocycles. The minimum absolute atomic E-state index is 0.0485. The average Bonchev–Trinajstić information content (AvgIpc) is 2.25. The van der Waals surface area contributed by atoms with Crippen LogP contribution in [0.15, 0.2) is 0 Å². The van der Waals surface area contributed by atoms with Crippen molar-refractivity contribution in [3.8, 4) is 0 Å². The molecule has 1 saturated heterocycles. The summed E-state index contributed by atoms with van der Waals surface area (Å²) in [5, 5.41) is 9.85. The Labute approximate surface area is 111 Å². The van der Waals surface area contributed by atoms with Crippen molar-refractivity contribution in [2.75, 3.05) is 19.6 Å². The smallest absolute Gasteiger partial charge is 0.0667 e. The Morgan fingerprint density at radius 1 is 1.00 bits per heavy atom. The summed E-state index contributed by atoms with van der Waals surface area (Å²) in [5.74, 6) is 3.18. The molecule has 0 amide bonds. The van der Waals surface area contributed by atoms with Crippen LogP contribution in [0, 0.1) is 23.2 Å². The molecule has 1 N–H and O–H groups in total. The van der Waals surface area contributed by atoms with Gasteiger partial charge in [0.15, 0.2) is 0 Å². The average molecular weight is 249 g/mol. The van der Waals surface area contributed by atoms with Crippen molar-refractivity contribution in [2.24, 2.45) is 23.2 Å². The highest BCUT2D eigenvalue weighted by molar-refractivity contribution is 5.02. The van der Waals surface area contributed by atoms with E-state index in [9.17, 15) is 5.11 Å². The topological polar surface area (TPSA) is 23.5 Å². The first-order valence-electron chi connectivity index (χ1n) is 8.11. The summed E-state index contributed by atoms with van der Waals surface area (Å²) in [6.07, 6.45) is 11.3. The molecular weight excluding hydrogens is 222 g/mol. The summed E-state index contributed by atoms with van der Waals surface area (Å²) in [6.45, 7) is 3.48. The minimum Gasteiger partial charge on any atom is -0.392 e.